The molecule has 0 unspecified atom stereocenters. The molecule has 0 bridgehead atoms. The molecule has 2 aliphatic rings. The summed E-state index contributed by atoms with van der Waals surface area (Å²) in [6.07, 6.45) is 2.79. The Labute approximate surface area is 114 Å². The van der Waals surface area contributed by atoms with Crippen molar-refractivity contribution >= 4 is 11.9 Å². The van der Waals surface area contributed by atoms with Gasteiger partial charge < -0.3 is 14.9 Å². The summed E-state index contributed by atoms with van der Waals surface area (Å²) in [6.45, 7) is 6.77. The van der Waals surface area contributed by atoms with E-state index in [4.69, 9.17) is 5.11 Å². The van der Waals surface area contributed by atoms with Crippen molar-refractivity contribution in [3.63, 3.8) is 0 Å². The number of amides is 1. The predicted octanol–water partition coefficient (Wildman–Crippen LogP) is 1.04. The molecule has 0 radical (unpaired) electrons. The van der Waals surface area contributed by atoms with Crippen LogP contribution >= 0.6 is 0 Å². The van der Waals surface area contributed by atoms with Gasteiger partial charge in [-0.1, -0.05) is 6.92 Å². The van der Waals surface area contributed by atoms with Gasteiger partial charge in [0.05, 0.1) is 5.92 Å². The Morgan fingerprint density at radius 1 is 1.00 bits per heavy atom. The number of hydrogen-bond donors (Lipinski definition) is 1. The van der Waals surface area contributed by atoms with Gasteiger partial charge in [-0.05, 0) is 32.2 Å². The van der Waals surface area contributed by atoms with Crippen LogP contribution in [-0.4, -0.2) is 59.5 Å². The summed E-state index contributed by atoms with van der Waals surface area (Å²) >= 11 is 0. The van der Waals surface area contributed by atoms with Crippen molar-refractivity contribution in [2.45, 2.75) is 32.6 Å². The van der Waals surface area contributed by atoms with E-state index in [1.165, 1.54) is 0 Å². The topological polar surface area (TPSA) is 60.9 Å². The predicted molar refractivity (Wildman–Crippen MR) is 71.8 cm³/mol. The van der Waals surface area contributed by atoms with Gasteiger partial charge in [-0.3, -0.25) is 9.59 Å². The normalized spacial score (nSPS) is 29.2. The number of rotatable bonds is 3. The zero-order chi connectivity index (χ0) is 13.8. The summed E-state index contributed by atoms with van der Waals surface area (Å²) in [5.74, 6) is -0.633. The molecule has 2 fully saturated rings. The minimum absolute atomic E-state index is 0.0591. The highest BCUT2D eigenvalue weighted by atomic mass is 16.4. The smallest absolute Gasteiger partial charge is 0.306 e. The Morgan fingerprint density at radius 3 is 2.00 bits per heavy atom. The van der Waals surface area contributed by atoms with Gasteiger partial charge in [-0.25, -0.2) is 0 Å². The molecule has 0 aromatic heterocycles. The first-order chi connectivity index (χ1) is 9.11. The number of carboxylic acid groups (broad SMARTS) is 1. The van der Waals surface area contributed by atoms with Gasteiger partial charge in [-0.15, -0.1) is 0 Å². The third kappa shape index (κ3) is 3.47. The van der Waals surface area contributed by atoms with E-state index >= 15 is 0 Å². The van der Waals surface area contributed by atoms with Crippen molar-refractivity contribution in [3.05, 3.63) is 0 Å². The lowest BCUT2D eigenvalue weighted by atomic mass is 9.81. The second-order valence-corrected chi connectivity index (χ2v) is 5.65. The number of aliphatic carboxylic acids is 1. The van der Waals surface area contributed by atoms with Crippen LogP contribution in [0, 0.1) is 11.8 Å². The van der Waals surface area contributed by atoms with Crippen LogP contribution < -0.4 is 0 Å². The molecule has 1 aliphatic heterocycles. The van der Waals surface area contributed by atoms with Gasteiger partial charge in [0.1, 0.15) is 0 Å². The molecule has 1 N–H and O–H groups in total. The molecule has 0 aromatic carbocycles. The van der Waals surface area contributed by atoms with Crippen molar-refractivity contribution < 1.29 is 14.7 Å². The number of carbonyl (C=O) groups is 2. The lowest BCUT2D eigenvalue weighted by molar-refractivity contribution is -0.146. The number of carboxylic acids is 1. The summed E-state index contributed by atoms with van der Waals surface area (Å²) in [4.78, 5) is 27.6. The first-order valence-electron chi connectivity index (χ1n) is 7.35. The zero-order valence-corrected chi connectivity index (χ0v) is 11.7. The van der Waals surface area contributed by atoms with E-state index in [-0.39, 0.29) is 17.7 Å². The number of carbonyl (C=O) groups excluding carboxylic acids is 1. The quantitative estimate of drug-likeness (QED) is 0.831. The lowest BCUT2D eigenvalue weighted by Crippen LogP contribution is -2.50. The van der Waals surface area contributed by atoms with Crippen LogP contribution in [-0.2, 0) is 9.59 Å². The fraction of sp³-hybridized carbons (Fsp3) is 0.857. The van der Waals surface area contributed by atoms with E-state index in [2.05, 4.69) is 11.8 Å². The minimum Gasteiger partial charge on any atom is -0.481 e. The molecule has 1 aliphatic carbocycles. The molecule has 0 atom stereocenters. The number of hydrogen-bond acceptors (Lipinski definition) is 3. The monoisotopic (exact) mass is 268 g/mol. The van der Waals surface area contributed by atoms with Crippen LogP contribution in [0.15, 0.2) is 0 Å². The second kappa shape index (κ2) is 6.37. The van der Waals surface area contributed by atoms with Crippen molar-refractivity contribution in [1.29, 1.82) is 0 Å². The van der Waals surface area contributed by atoms with Gasteiger partial charge in [0.15, 0.2) is 0 Å². The van der Waals surface area contributed by atoms with E-state index in [0.717, 1.165) is 45.6 Å². The Balaban J connectivity index is 1.80. The highest BCUT2D eigenvalue weighted by Crippen LogP contribution is 2.30. The zero-order valence-electron chi connectivity index (χ0n) is 11.7. The molecule has 2 rings (SSSR count). The van der Waals surface area contributed by atoms with Gasteiger partial charge >= 0.3 is 5.97 Å². The molecule has 5 nitrogen and oxygen atoms in total. The van der Waals surface area contributed by atoms with Crippen molar-refractivity contribution in [2.24, 2.45) is 11.8 Å². The Hall–Kier alpha value is -1.10. The molecule has 0 spiro atoms. The van der Waals surface area contributed by atoms with E-state index in [0.29, 0.717) is 12.8 Å². The van der Waals surface area contributed by atoms with Gasteiger partial charge in [-0.2, -0.15) is 0 Å². The summed E-state index contributed by atoms with van der Waals surface area (Å²) in [7, 11) is 0. The molecule has 1 amide bonds. The van der Waals surface area contributed by atoms with Crippen molar-refractivity contribution in [1.82, 2.24) is 9.80 Å². The second-order valence-electron chi connectivity index (χ2n) is 5.65. The molecule has 1 heterocycles. The minimum atomic E-state index is -0.706. The largest absolute Gasteiger partial charge is 0.481 e. The maximum atomic E-state index is 12.4. The molecule has 1 saturated heterocycles. The van der Waals surface area contributed by atoms with E-state index in [1.54, 1.807) is 0 Å². The standard InChI is InChI=1S/C14H24N2O3/c1-2-15-7-9-16(10-8-15)13(17)11-3-5-12(6-4-11)14(18)19/h11-12H,2-10H2,1H3,(H,18,19). The summed E-state index contributed by atoms with van der Waals surface area (Å²) in [5, 5.41) is 8.97. The van der Waals surface area contributed by atoms with Crippen LogP contribution in [0.4, 0.5) is 0 Å². The fourth-order valence-corrected chi connectivity index (χ4v) is 3.13. The van der Waals surface area contributed by atoms with E-state index in [9.17, 15) is 9.59 Å². The summed E-state index contributed by atoms with van der Waals surface area (Å²) in [6, 6.07) is 0. The van der Waals surface area contributed by atoms with Gasteiger partial charge in [0.2, 0.25) is 5.91 Å². The van der Waals surface area contributed by atoms with Gasteiger partial charge in [0.25, 0.3) is 0 Å². The average molecular weight is 268 g/mol. The first-order valence-corrected chi connectivity index (χ1v) is 7.35. The van der Waals surface area contributed by atoms with Crippen molar-refractivity contribution in [3.8, 4) is 0 Å². The SMILES string of the molecule is CCN1CCN(C(=O)C2CCC(C(=O)O)CC2)CC1. The Kier molecular flexibility index (Phi) is 4.80. The Morgan fingerprint density at radius 2 is 1.53 bits per heavy atom. The maximum Gasteiger partial charge on any atom is 0.306 e. The number of likely N-dealkylation sites (N-methyl/N-ethyl adjacent to an activating group) is 1. The van der Waals surface area contributed by atoms with E-state index in [1.807, 2.05) is 4.90 Å². The van der Waals surface area contributed by atoms with Crippen molar-refractivity contribution in [2.75, 3.05) is 32.7 Å². The molecule has 1 saturated carbocycles. The fourth-order valence-electron chi connectivity index (χ4n) is 3.13. The molecule has 108 valence electrons. The molecule has 5 heteroatoms. The molecule has 0 aromatic rings. The molecule has 19 heavy (non-hydrogen) atoms. The third-order valence-electron chi connectivity index (χ3n) is 4.56. The third-order valence-corrected chi connectivity index (χ3v) is 4.56. The van der Waals surface area contributed by atoms with Crippen LogP contribution in [0.1, 0.15) is 32.6 Å². The maximum absolute atomic E-state index is 12.4. The van der Waals surface area contributed by atoms with Crippen LogP contribution in [0.3, 0.4) is 0 Å². The highest BCUT2D eigenvalue weighted by Gasteiger charge is 2.32. The summed E-state index contributed by atoms with van der Waals surface area (Å²) in [5.41, 5.74) is 0. The summed E-state index contributed by atoms with van der Waals surface area (Å²) < 4.78 is 0. The first kappa shape index (κ1) is 14.3. The number of piperazine rings is 1. The van der Waals surface area contributed by atoms with Crippen LogP contribution in [0.2, 0.25) is 0 Å². The highest BCUT2D eigenvalue weighted by molar-refractivity contribution is 5.79. The van der Waals surface area contributed by atoms with Crippen LogP contribution in [0.5, 0.6) is 0 Å². The van der Waals surface area contributed by atoms with Crippen LogP contribution in [0.25, 0.3) is 0 Å². The molecular formula is C14H24N2O3. The number of nitrogens with zero attached hydrogens (tertiary/aromatic N) is 2. The molecular weight excluding hydrogens is 244 g/mol. The Bertz CT molecular complexity index is 330. The van der Waals surface area contributed by atoms with Gasteiger partial charge in [0, 0.05) is 32.1 Å². The lowest BCUT2D eigenvalue weighted by Gasteiger charge is -2.37. The van der Waals surface area contributed by atoms with E-state index < -0.39 is 5.97 Å². The average Bonchev–Trinajstić information content (AvgIpc) is 2.46.